The summed E-state index contributed by atoms with van der Waals surface area (Å²) in [5.74, 6) is -0.0961. The molecule has 0 bridgehead atoms. The molecule has 1 unspecified atom stereocenters. The van der Waals surface area contributed by atoms with Gasteiger partial charge in [-0.05, 0) is 61.8 Å². The van der Waals surface area contributed by atoms with Gasteiger partial charge in [-0.15, -0.1) is 11.3 Å². The first-order valence-electron chi connectivity index (χ1n) is 9.90. The third-order valence-corrected chi connectivity index (χ3v) is 6.76. The van der Waals surface area contributed by atoms with E-state index < -0.39 is 0 Å². The highest BCUT2D eigenvalue weighted by molar-refractivity contribution is 7.09. The Morgan fingerprint density at radius 2 is 1.97 bits per heavy atom. The van der Waals surface area contributed by atoms with Gasteiger partial charge in [0.05, 0.1) is 6.61 Å². The van der Waals surface area contributed by atoms with Crippen LogP contribution in [0, 0.1) is 11.3 Å². The molecule has 0 N–H and O–H groups in total. The predicted molar refractivity (Wildman–Crippen MR) is 115 cm³/mol. The Balaban J connectivity index is 2.01. The summed E-state index contributed by atoms with van der Waals surface area (Å²) >= 11 is 7.42. The minimum atomic E-state index is -0.342. The van der Waals surface area contributed by atoms with Crippen molar-refractivity contribution in [2.75, 3.05) is 6.61 Å². The molecular formula is C22H27ClN2O3S. The number of carbonyl (C=O) groups is 2. The summed E-state index contributed by atoms with van der Waals surface area (Å²) in [6, 6.07) is 6.66. The number of hydrogen-bond acceptors (Lipinski definition) is 4. The number of nitrogens with zero attached hydrogens (tertiary/aromatic N) is 2. The van der Waals surface area contributed by atoms with E-state index in [4.69, 9.17) is 16.3 Å². The van der Waals surface area contributed by atoms with Crippen molar-refractivity contribution in [1.82, 2.24) is 4.57 Å². The number of halogens is 1. The molecule has 2 aromatic rings. The summed E-state index contributed by atoms with van der Waals surface area (Å²) in [5, 5.41) is 0.568. The highest BCUT2D eigenvalue weighted by Crippen LogP contribution is 2.38. The van der Waals surface area contributed by atoms with Crippen LogP contribution in [0.15, 0.2) is 29.3 Å². The molecule has 1 atom stereocenters. The minimum absolute atomic E-state index is 0.0760. The lowest BCUT2D eigenvalue weighted by Crippen LogP contribution is -2.29. The van der Waals surface area contributed by atoms with Crippen LogP contribution < -0.4 is 4.80 Å². The van der Waals surface area contributed by atoms with Crippen molar-refractivity contribution in [3.05, 3.63) is 50.2 Å². The van der Waals surface area contributed by atoms with Crippen LogP contribution in [-0.2, 0) is 28.9 Å². The van der Waals surface area contributed by atoms with Gasteiger partial charge >= 0.3 is 5.97 Å². The summed E-state index contributed by atoms with van der Waals surface area (Å²) in [6.45, 7) is 8.98. The van der Waals surface area contributed by atoms with Crippen molar-refractivity contribution in [3.63, 3.8) is 0 Å². The summed E-state index contributed by atoms with van der Waals surface area (Å²) < 4.78 is 7.01. The van der Waals surface area contributed by atoms with Crippen LogP contribution in [0.1, 0.15) is 55.0 Å². The van der Waals surface area contributed by atoms with Crippen molar-refractivity contribution in [1.29, 1.82) is 0 Å². The molecular weight excluding hydrogens is 408 g/mol. The normalized spacial score (nSPS) is 17.1. The fourth-order valence-corrected chi connectivity index (χ4v) is 5.00. The summed E-state index contributed by atoms with van der Waals surface area (Å²) in [5.41, 5.74) is 1.78. The number of esters is 1. The number of amides is 1. The number of carbonyl (C=O) groups excluding carboxylic acids is 2. The van der Waals surface area contributed by atoms with E-state index in [1.165, 1.54) is 16.2 Å². The average molecular weight is 435 g/mol. The average Bonchev–Trinajstić information content (AvgIpc) is 2.98. The van der Waals surface area contributed by atoms with E-state index >= 15 is 0 Å². The quantitative estimate of drug-likeness (QED) is 0.657. The molecule has 0 saturated carbocycles. The molecule has 0 saturated heterocycles. The fraction of sp³-hybridized carbons (Fsp3) is 0.500. The van der Waals surface area contributed by atoms with Gasteiger partial charge in [-0.1, -0.05) is 32.4 Å². The zero-order valence-electron chi connectivity index (χ0n) is 17.3. The van der Waals surface area contributed by atoms with Crippen molar-refractivity contribution in [3.8, 4) is 0 Å². The SMILES string of the molecule is CCOC(=O)Cn1c2c(sc1=NC(=O)c1ccc(Cl)cc1)CC(C(C)(C)C)CC2. The Morgan fingerprint density at radius 1 is 1.28 bits per heavy atom. The number of rotatable bonds is 4. The lowest BCUT2D eigenvalue weighted by molar-refractivity contribution is -0.143. The first-order valence-corrected chi connectivity index (χ1v) is 11.1. The van der Waals surface area contributed by atoms with Crippen LogP contribution in [0.25, 0.3) is 0 Å². The Morgan fingerprint density at radius 3 is 2.59 bits per heavy atom. The van der Waals surface area contributed by atoms with Gasteiger partial charge < -0.3 is 9.30 Å². The Hall–Kier alpha value is -1.92. The van der Waals surface area contributed by atoms with E-state index in [0.29, 0.717) is 27.9 Å². The summed E-state index contributed by atoms with van der Waals surface area (Å²) in [7, 11) is 0. The van der Waals surface area contributed by atoms with Crippen molar-refractivity contribution in [2.24, 2.45) is 16.3 Å². The number of benzene rings is 1. The molecule has 3 rings (SSSR count). The van der Waals surface area contributed by atoms with Crippen molar-refractivity contribution >= 4 is 34.8 Å². The summed E-state index contributed by atoms with van der Waals surface area (Å²) in [6.07, 6.45) is 2.87. The molecule has 1 aliphatic rings. The molecule has 1 aromatic heterocycles. The first-order chi connectivity index (χ1) is 13.7. The molecule has 7 heteroatoms. The van der Waals surface area contributed by atoms with Crippen LogP contribution >= 0.6 is 22.9 Å². The molecule has 1 aliphatic carbocycles. The predicted octanol–water partition coefficient (Wildman–Crippen LogP) is 4.66. The standard InChI is InChI=1S/C22H27ClN2O3S/c1-5-28-19(26)13-25-17-11-8-15(22(2,3)4)12-18(17)29-21(25)24-20(27)14-6-9-16(23)10-7-14/h6-7,9-10,15H,5,8,11-13H2,1-4H3. The second kappa shape index (κ2) is 8.84. The summed E-state index contributed by atoms with van der Waals surface area (Å²) in [4.78, 5) is 31.0. The second-order valence-electron chi connectivity index (χ2n) is 8.38. The maximum absolute atomic E-state index is 12.7. The third kappa shape index (κ3) is 5.17. The fourth-order valence-electron chi connectivity index (χ4n) is 3.63. The first kappa shape index (κ1) is 21.8. The number of aromatic nitrogens is 1. The molecule has 5 nitrogen and oxygen atoms in total. The van der Waals surface area contributed by atoms with Crippen molar-refractivity contribution < 1.29 is 14.3 Å². The molecule has 1 heterocycles. The molecule has 0 fully saturated rings. The third-order valence-electron chi connectivity index (χ3n) is 5.36. The van der Waals surface area contributed by atoms with Gasteiger partial charge in [0, 0.05) is 21.2 Å². The molecule has 0 spiro atoms. The highest BCUT2D eigenvalue weighted by atomic mass is 35.5. The van der Waals surface area contributed by atoms with E-state index in [9.17, 15) is 9.59 Å². The Kier molecular flexibility index (Phi) is 6.64. The zero-order valence-corrected chi connectivity index (χ0v) is 18.9. The van der Waals surface area contributed by atoms with Gasteiger partial charge in [0.2, 0.25) is 0 Å². The van der Waals surface area contributed by atoms with Crippen LogP contribution in [0.4, 0.5) is 0 Å². The monoisotopic (exact) mass is 434 g/mol. The van der Waals surface area contributed by atoms with Crippen LogP contribution in [0.5, 0.6) is 0 Å². The van der Waals surface area contributed by atoms with Gasteiger partial charge in [0.1, 0.15) is 6.54 Å². The van der Waals surface area contributed by atoms with Gasteiger partial charge in [0.25, 0.3) is 5.91 Å². The Labute approximate surface area is 180 Å². The van der Waals surface area contributed by atoms with Gasteiger partial charge in [0.15, 0.2) is 4.80 Å². The number of hydrogen-bond donors (Lipinski definition) is 0. The smallest absolute Gasteiger partial charge is 0.326 e. The van der Waals surface area contributed by atoms with E-state index in [-0.39, 0.29) is 23.8 Å². The number of fused-ring (bicyclic) bond motifs is 1. The van der Waals surface area contributed by atoms with Crippen LogP contribution in [-0.4, -0.2) is 23.1 Å². The highest BCUT2D eigenvalue weighted by Gasteiger charge is 2.31. The number of thiazole rings is 1. The Bertz CT molecular complexity index is 967. The van der Waals surface area contributed by atoms with Crippen molar-refractivity contribution in [2.45, 2.75) is 53.5 Å². The maximum Gasteiger partial charge on any atom is 0.326 e. The topological polar surface area (TPSA) is 60.7 Å². The lowest BCUT2D eigenvalue weighted by atomic mass is 9.73. The van der Waals surface area contributed by atoms with Crippen LogP contribution in [0.2, 0.25) is 5.02 Å². The molecule has 0 aliphatic heterocycles. The van der Waals surface area contributed by atoms with Crippen LogP contribution in [0.3, 0.4) is 0 Å². The van der Waals surface area contributed by atoms with Gasteiger partial charge in [-0.25, -0.2) is 0 Å². The van der Waals surface area contributed by atoms with Gasteiger partial charge in [-0.3, -0.25) is 9.59 Å². The molecule has 0 radical (unpaired) electrons. The zero-order chi connectivity index (χ0) is 21.2. The molecule has 29 heavy (non-hydrogen) atoms. The van der Waals surface area contributed by atoms with Gasteiger partial charge in [-0.2, -0.15) is 4.99 Å². The lowest BCUT2D eigenvalue weighted by Gasteiger charge is -2.33. The minimum Gasteiger partial charge on any atom is -0.465 e. The molecule has 156 valence electrons. The maximum atomic E-state index is 12.7. The van der Waals surface area contributed by atoms with E-state index in [2.05, 4.69) is 25.8 Å². The number of ether oxygens (including phenoxy) is 1. The van der Waals surface area contributed by atoms with E-state index in [1.807, 2.05) is 4.57 Å². The van der Waals surface area contributed by atoms with E-state index in [1.54, 1.807) is 31.2 Å². The molecule has 1 amide bonds. The molecule has 1 aromatic carbocycles. The van der Waals surface area contributed by atoms with E-state index in [0.717, 1.165) is 25.0 Å². The second-order valence-corrected chi connectivity index (χ2v) is 9.87. The largest absolute Gasteiger partial charge is 0.465 e.